The summed E-state index contributed by atoms with van der Waals surface area (Å²) in [4.78, 5) is 6.40. The van der Waals surface area contributed by atoms with Crippen molar-refractivity contribution in [2.75, 3.05) is 30.9 Å². The molecule has 0 aliphatic carbocycles. The van der Waals surface area contributed by atoms with E-state index in [1.54, 1.807) is 0 Å². The van der Waals surface area contributed by atoms with E-state index in [-0.39, 0.29) is 0 Å². The maximum absolute atomic E-state index is 4.30. The summed E-state index contributed by atoms with van der Waals surface area (Å²) in [5, 5.41) is 3.40. The van der Waals surface area contributed by atoms with Crippen LogP contribution in [0.15, 0.2) is 48.7 Å². The fourth-order valence-electron chi connectivity index (χ4n) is 1.76. The lowest BCUT2D eigenvalue weighted by atomic mass is 10.2. The fraction of sp³-hybridized carbons (Fsp3) is 0.267. The van der Waals surface area contributed by atoms with Gasteiger partial charge in [-0.1, -0.05) is 6.07 Å². The molecule has 0 saturated heterocycles. The average Bonchev–Trinajstić information content (AvgIpc) is 2.40. The molecule has 0 fully saturated rings. The van der Waals surface area contributed by atoms with Crippen molar-refractivity contribution >= 4 is 11.4 Å². The van der Waals surface area contributed by atoms with Crippen molar-refractivity contribution in [1.29, 1.82) is 0 Å². The lowest BCUT2D eigenvalue weighted by Crippen LogP contribution is -2.09. The quantitative estimate of drug-likeness (QED) is 0.872. The summed E-state index contributed by atoms with van der Waals surface area (Å²) < 4.78 is 0. The highest BCUT2D eigenvalue weighted by molar-refractivity contribution is 5.54. The molecular weight excluding hydrogens is 222 g/mol. The smallest absolute Gasteiger partial charge is 0.0421 e. The van der Waals surface area contributed by atoms with Crippen LogP contribution in [-0.2, 0) is 6.42 Å². The number of anilines is 2. The molecule has 1 heterocycles. The highest BCUT2D eigenvalue weighted by Crippen LogP contribution is 2.15. The van der Waals surface area contributed by atoms with Crippen LogP contribution in [0.4, 0.5) is 11.4 Å². The van der Waals surface area contributed by atoms with E-state index >= 15 is 0 Å². The fourth-order valence-corrected chi connectivity index (χ4v) is 1.76. The Hall–Kier alpha value is -2.03. The van der Waals surface area contributed by atoms with Crippen LogP contribution in [-0.4, -0.2) is 25.6 Å². The monoisotopic (exact) mass is 241 g/mol. The zero-order valence-corrected chi connectivity index (χ0v) is 10.9. The van der Waals surface area contributed by atoms with Gasteiger partial charge in [-0.15, -0.1) is 0 Å². The van der Waals surface area contributed by atoms with Gasteiger partial charge in [-0.2, -0.15) is 0 Å². The number of nitrogens with one attached hydrogen (secondary N) is 1. The predicted molar refractivity (Wildman–Crippen MR) is 77.2 cm³/mol. The lowest BCUT2D eigenvalue weighted by Gasteiger charge is -2.13. The minimum Gasteiger partial charge on any atom is -0.385 e. The van der Waals surface area contributed by atoms with Gasteiger partial charge in [-0.05, 0) is 36.4 Å². The van der Waals surface area contributed by atoms with Gasteiger partial charge >= 0.3 is 0 Å². The van der Waals surface area contributed by atoms with E-state index in [9.17, 15) is 0 Å². The number of benzene rings is 1. The van der Waals surface area contributed by atoms with Crippen molar-refractivity contribution in [2.45, 2.75) is 6.42 Å². The third-order valence-electron chi connectivity index (χ3n) is 2.82. The first-order valence-corrected chi connectivity index (χ1v) is 6.17. The first-order chi connectivity index (χ1) is 8.75. The van der Waals surface area contributed by atoms with Crippen LogP contribution >= 0.6 is 0 Å². The molecule has 1 N–H and O–H groups in total. The summed E-state index contributed by atoms with van der Waals surface area (Å²) in [6.45, 7) is 0.901. The predicted octanol–water partition coefficient (Wildman–Crippen LogP) is 2.80. The zero-order chi connectivity index (χ0) is 12.8. The van der Waals surface area contributed by atoms with Crippen LogP contribution in [0.25, 0.3) is 0 Å². The lowest BCUT2D eigenvalue weighted by molar-refractivity contribution is 0.961. The van der Waals surface area contributed by atoms with Crippen LogP contribution in [0.2, 0.25) is 0 Å². The molecule has 1 aromatic heterocycles. The Labute approximate surface area is 108 Å². The third-order valence-corrected chi connectivity index (χ3v) is 2.82. The second-order valence-electron chi connectivity index (χ2n) is 4.44. The number of nitrogens with zero attached hydrogens (tertiary/aromatic N) is 2. The molecule has 0 radical (unpaired) electrons. The molecule has 0 atom stereocenters. The molecule has 3 nitrogen and oxygen atoms in total. The van der Waals surface area contributed by atoms with Gasteiger partial charge in [-0.3, -0.25) is 4.98 Å². The normalized spacial score (nSPS) is 10.1. The second kappa shape index (κ2) is 6.05. The Balaban J connectivity index is 1.83. The molecule has 1 aromatic carbocycles. The summed E-state index contributed by atoms with van der Waals surface area (Å²) >= 11 is 0. The maximum Gasteiger partial charge on any atom is 0.0421 e. The minimum atomic E-state index is 0.901. The standard InChI is InChI=1S/C15H19N3/c1-18(2)15-8-6-14(7-9-15)17-12-10-13-5-3-4-11-16-13/h3-9,11,17H,10,12H2,1-2H3. The Morgan fingerprint density at radius 2 is 1.83 bits per heavy atom. The average molecular weight is 241 g/mol. The molecule has 0 aliphatic heterocycles. The van der Waals surface area contributed by atoms with E-state index in [0.717, 1.165) is 24.3 Å². The summed E-state index contributed by atoms with van der Waals surface area (Å²) in [7, 11) is 4.09. The van der Waals surface area contributed by atoms with E-state index in [4.69, 9.17) is 0 Å². The van der Waals surface area contributed by atoms with Crippen molar-refractivity contribution in [3.63, 3.8) is 0 Å². The van der Waals surface area contributed by atoms with E-state index in [0.29, 0.717) is 0 Å². The van der Waals surface area contributed by atoms with Gasteiger partial charge in [0.2, 0.25) is 0 Å². The number of aromatic nitrogens is 1. The second-order valence-corrected chi connectivity index (χ2v) is 4.44. The topological polar surface area (TPSA) is 28.2 Å². The Bertz CT molecular complexity index is 463. The van der Waals surface area contributed by atoms with Gasteiger partial charge < -0.3 is 10.2 Å². The molecule has 0 unspecified atom stereocenters. The first-order valence-electron chi connectivity index (χ1n) is 6.17. The van der Waals surface area contributed by atoms with Gasteiger partial charge in [-0.25, -0.2) is 0 Å². The van der Waals surface area contributed by atoms with Crippen molar-refractivity contribution in [3.05, 3.63) is 54.4 Å². The number of hydrogen-bond acceptors (Lipinski definition) is 3. The van der Waals surface area contributed by atoms with Crippen molar-refractivity contribution in [3.8, 4) is 0 Å². The van der Waals surface area contributed by atoms with Gasteiger partial charge in [0.15, 0.2) is 0 Å². The summed E-state index contributed by atoms with van der Waals surface area (Å²) in [5.41, 5.74) is 3.48. The summed E-state index contributed by atoms with van der Waals surface area (Å²) in [6, 6.07) is 14.5. The molecule has 0 bridgehead atoms. The molecule has 94 valence electrons. The molecule has 0 aliphatic rings. The molecule has 0 saturated carbocycles. The molecule has 0 amide bonds. The first kappa shape index (κ1) is 12.4. The van der Waals surface area contributed by atoms with Crippen LogP contribution < -0.4 is 10.2 Å². The summed E-state index contributed by atoms with van der Waals surface area (Å²) in [6.07, 6.45) is 2.78. The Morgan fingerprint density at radius 1 is 1.06 bits per heavy atom. The largest absolute Gasteiger partial charge is 0.385 e. The van der Waals surface area contributed by atoms with Crippen molar-refractivity contribution < 1.29 is 0 Å². The molecule has 18 heavy (non-hydrogen) atoms. The highest BCUT2D eigenvalue weighted by Gasteiger charge is 1.96. The number of rotatable bonds is 5. The van der Waals surface area contributed by atoms with Crippen LogP contribution in [0, 0.1) is 0 Å². The molecular formula is C15H19N3. The minimum absolute atomic E-state index is 0.901. The van der Waals surface area contributed by atoms with Crippen molar-refractivity contribution in [1.82, 2.24) is 4.98 Å². The molecule has 2 aromatic rings. The zero-order valence-electron chi connectivity index (χ0n) is 10.9. The summed E-state index contributed by atoms with van der Waals surface area (Å²) in [5.74, 6) is 0. The van der Waals surface area contributed by atoms with Crippen LogP contribution in [0.1, 0.15) is 5.69 Å². The number of hydrogen-bond donors (Lipinski definition) is 1. The molecule has 2 rings (SSSR count). The highest BCUT2D eigenvalue weighted by atomic mass is 15.1. The van der Waals surface area contributed by atoms with Gasteiger partial charge in [0, 0.05) is 50.3 Å². The van der Waals surface area contributed by atoms with Crippen LogP contribution in [0.5, 0.6) is 0 Å². The van der Waals surface area contributed by atoms with Gasteiger partial charge in [0.05, 0.1) is 0 Å². The van der Waals surface area contributed by atoms with Gasteiger partial charge in [0.1, 0.15) is 0 Å². The maximum atomic E-state index is 4.30. The van der Waals surface area contributed by atoms with Crippen LogP contribution in [0.3, 0.4) is 0 Å². The van der Waals surface area contributed by atoms with E-state index in [2.05, 4.69) is 45.5 Å². The van der Waals surface area contributed by atoms with E-state index < -0.39 is 0 Å². The Kier molecular flexibility index (Phi) is 4.18. The van der Waals surface area contributed by atoms with Crippen molar-refractivity contribution in [2.24, 2.45) is 0 Å². The molecule has 0 spiro atoms. The Morgan fingerprint density at radius 3 is 2.44 bits per heavy atom. The van der Waals surface area contributed by atoms with Gasteiger partial charge in [0.25, 0.3) is 0 Å². The third kappa shape index (κ3) is 3.48. The SMILES string of the molecule is CN(C)c1ccc(NCCc2ccccn2)cc1. The number of pyridine rings is 1. The van der Waals surface area contributed by atoms with E-state index in [1.165, 1.54) is 5.69 Å². The van der Waals surface area contributed by atoms with E-state index in [1.807, 2.05) is 32.4 Å². The molecule has 3 heteroatoms.